The number of carbonyl (C=O) groups excluding carboxylic acids is 2. The van der Waals surface area contributed by atoms with E-state index in [1.807, 2.05) is 73.7 Å². The van der Waals surface area contributed by atoms with Gasteiger partial charge in [-0.2, -0.15) is 0 Å². The van der Waals surface area contributed by atoms with E-state index in [1.54, 1.807) is 31.4 Å². The molecule has 0 aliphatic rings. The average molecular weight is 527 g/mol. The van der Waals surface area contributed by atoms with Crippen molar-refractivity contribution in [3.8, 4) is 23.0 Å². The zero-order chi connectivity index (χ0) is 27.6. The van der Waals surface area contributed by atoms with Crippen LogP contribution in [-0.4, -0.2) is 42.7 Å². The van der Waals surface area contributed by atoms with Crippen molar-refractivity contribution in [1.82, 2.24) is 9.88 Å². The van der Waals surface area contributed by atoms with E-state index in [4.69, 9.17) is 18.6 Å². The number of benzene rings is 3. The van der Waals surface area contributed by atoms with E-state index in [2.05, 4.69) is 4.98 Å². The molecular weight excluding hydrogens is 496 g/mol. The molecular formula is C31H30N2O6. The van der Waals surface area contributed by atoms with Gasteiger partial charge in [-0.1, -0.05) is 54.6 Å². The smallest absolute Gasteiger partial charge is 0.416 e. The summed E-state index contributed by atoms with van der Waals surface area (Å²) in [5, 5.41) is 0. The number of allylic oxidation sites excluding steroid dienone is 1. The molecule has 1 amide bonds. The van der Waals surface area contributed by atoms with Crippen molar-refractivity contribution in [3.05, 3.63) is 108 Å². The summed E-state index contributed by atoms with van der Waals surface area (Å²) in [5.41, 5.74) is 3.65. The third-order valence-electron chi connectivity index (χ3n) is 5.96. The molecule has 4 rings (SSSR count). The number of aromatic nitrogens is 1. The highest BCUT2D eigenvalue weighted by molar-refractivity contribution is 5.79. The number of aryl methyl sites for hydroxylation is 1. The molecule has 0 saturated carbocycles. The van der Waals surface area contributed by atoms with Gasteiger partial charge in [0.25, 0.3) is 0 Å². The van der Waals surface area contributed by atoms with Crippen LogP contribution in [0.25, 0.3) is 17.5 Å². The number of hydrogen-bond acceptors (Lipinski definition) is 7. The number of oxazole rings is 1. The summed E-state index contributed by atoms with van der Waals surface area (Å²) >= 11 is 0. The SMILES string of the molecule is COC(=O)CN(Cc1ccc(C=CCc2nc(-c3ccccc3)oc2C)cc1)C(=O)Oc1ccc(OC)cc1. The molecule has 39 heavy (non-hydrogen) atoms. The lowest BCUT2D eigenvalue weighted by Crippen LogP contribution is -2.37. The minimum atomic E-state index is -0.660. The van der Waals surface area contributed by atoms with Gasteiger partial charge in [-0.3, -0.25) is 9.69 Å². The fourth-order valence-electron chi connectivity index (χ4n) is 3.80. The summed E-state index contributed by atoms with van der Waals surface area (Å²) < 4.78 is 21.2. The molecule has 3 aromatic carbocycles. The predicted octanol–water partition coefficient (Wildman–Crippen LogP) is 6.09. The normalized spacial score (nSPS) is 10.8. The summed E-state index contributed by atoms with van der Waals surface area (Å²) in [6.07, 6.45) is 4.01. The number of nitrogens with zero attached hydrogens (tertiary/aromatic N) is 2. The lowest BCUT2D eigenvalue weighted by atomic mass is 10.1. The summed E-state index contributed by atoms with van der Waals surface area (Å²) in [6.45, 7) is 1.85. The van der Waals surface area contributed by atoms with Crippen LogP contribution in [0.4, 0.5) is 4.79 Å². The minimum absolute atomic E-state index is 0.175. The summed E-state index contributed by atoms with van der Waals surface area (Å²) in [5.74, 6) is 1.85. The molecule has 1 heterocycles. The Morgan fingerprint density at radius 1 is 0.923 bits per heavy atom. The van der Waals surface area contributed by atoms with Gasteiger partial charge in [0, 0.05) is 18.5 Å². The summed E-state index contributed by atoms with van der Waals surface area (Å²) in [6, 6.07) is 24.1. The number of ether oxygens (including phenoxy) is 3. The van der Waals surface area contributed by atoms with E-state index in [-0.39, 0.29) is 13.1 Å². The Bertz CT molecular complexity index is 1410. The number of hydrogen-bond donors (Lipinski definition) is 0. The van der Waals surface area contributed by atoms with E-state index < -0.39 is 12.1 Å². The molecule has 0 radical (unpaired) electrons. The third-order valence-corrected chi connectivity index (χ3v) is 5.96. The van der Waals surface area contributed by atoms with E-state index in [0.29, 0.717) is 23.8 Å². The monoisotopic (exact) mass is 526 g/mol. The van der Waals surface area contributed by atoms with Crippen molar-refractivity contribution in [2.24, 2.45) is 0 Å². The molecule has 0 N–H and O–H groups in total. The zero-order valence-corrected chi connectivity index (χ0v) is 22.1. The van der Waals surface area contributed by atoms with Crippen LogP contribution in [0.5, 0.6) is 11.5 Å². The van der Waals surface area contributed by atoms with Gasteiger partial charge in [0.1, 0.15) is 23.8 Å². The Kier molecular flexibility index (Phi) is 9.13. The van der Waals surface area contributed by atoms with E-state index in [1.165, 1.54) is 12.0 Å². The van der Waals surface area contributed by atoms with Crippen molar-refractivity contribution >= 4 is 18.1 Å². The first kappa shape index (κ1) is 27.2. The highest BCUT2D eigenvalue weighted by Crippen LogP contribution is 2.22. The van der Waals surface area contributed by atoms with E-state index in [0.717, 1.165) is 28.1 Å². The molecule has 8 heteroatoms. The van der Waals surface area contributed by atoms with Gasteiger partial charge in [-0.25, -0.2) is 9.78 Å². The fraction of sp³-hybridized carbons (Fsp3) is 0.194. The number of rotatable bonds is 10. The maximum absolute atomic E-state index is 12.8. The molecule has 0 fully saturated rings. The van der Waals surface area contributed by atoms with Crippen molar-refractivity contribution in [2.75, 3.05) is 20.8 Å². The van der Waals surface area contributed by atoms with Gasteiger partial charge in [0.05, 0.1) is 19.9 Å². The second kappa shape index (κ2) is 13.1. The first-order valence-electron chi connectivity index (χ1n) is 12.4. The second-order valence-corrected chi connectivity index (χ2v) is 8.71. The highest BCUT2D eigenvalue weighted by Gasteiger charge is 2.20. The first-order chi connectivity index (χ1) is 18.9. The summed E-state index contributed by atoms with van der Waals surface area (Å²) in [4.78, 5) is 30.7. The Morgan fingerprint density at radius 2 is 1.62 bits per heavy atom. The van der Waals surface area contributed by atoms with Crippen LogP contribution >= 0.6 is 0 Å². The average Bonchev–Trinajstić information content (AvgIpc) is 3.34. The van der Waals surface area contributed by atoms with Crippen LogP contribution < -0.4 is 9.47 Å². The van der Waals surface area contributed by atoms with Gasteiger partial charge in [0.2, 0.25) is 5.89 Å². The lowest BCUT2D eigenvalue weighted by molar-refractivity contribution is -0.141. The van der Waals surface area contributed by atoms with E-state index in [9.17, 15) is 9.59 Å². The lowest BCUT2D eigenvalue weighted by Gasteiger charge is -2.21. The molecule has 0 spiro atoms. The van der Waals surface area contributed by atoms with Crippen molar-refractivity contribution in [1.29, 1.82) is 0 Å². The van der Waals surface area contributed by atoms with E-state index >= 15 is 0 Å². The third kappa shape index (κ3) is 7.58. The molecule has 8 nitrogen and oxygen atoms in total. The maximum atomic E-state index is 12.8. The number of amides is 1. The standard InChI is InChI=1S/C31H30N2O6/c1-22-28(32-30(38-22)25-9-5-4-6-10-25)11-7-8-23-12-14-24(15-13-23)20-33(21-29(34)37-3)31(35)39-27-18-16-26(36-2)17-19-27/h4-10,12-19H,11,20-21H2,1-3H3. The van der Waals surface area contributed by atoms with Crippen LogP contribution in [-0.2, 0) is 22.5 Å². The molecule has 0 atom stereocenters. The van der Waals surface area contributed by atoms with Crippen LogP contribution in [0.1, 0.15) is 22.6 Å². The molecule has 0 unspecified atom stereocenters. The molecule has 200 valence electrons. The topological polar surface area (TPSA) is 91.1 Å². The second-order valence-electron chi connectivity index (χ2n) is 8.71. The Hall–Kier alpha value is -4.85. The van der Waals surface area contributed by atoms with Gasteiger partial charge < -0.3 is 18.6 Å². The van der Waals surface area contributed by atoms with Crippen LogP contribution in [0, 0.1) is 6.92 Å². The van der Waals surface area contributed by atoms with Crippen molar-refractivity contribution in [3.63, 3.8) is 0 Å². The Morgan fingerprint density at radius 3 is 2.28 bits per heavy atom. The van der Waals surface area contributed by atoms with Crippen LogP contribution in [0.15, 0.2) is 89.4 Å². The molecule has 0 aliphatic heterocycles. The van der Waals surface area contributed by atoms with Crippen molar-refractivity contribution in [2.45, 2.75) is 19.9 Å². The largest absolute Gasteiger partial charge is 0.497 e. The van der Waals surface area contributed by atoms with Gasteiger partial charge in [-0.15, -0.1) is 0 Å². The minimum Gasteiger partial charge on any atom is -0.497 e. The molecule has 0 bridgehead atoms. The Balaban J connectivity index is 1.38. The maximum Gasteiger partial charge on any atom is 0.416 e. The van der Waals surface area contributed by atoms with Crippen LogP contribution in [0.3, 0.4) is 0 Å². The number of carbonyl (C=O) groups is 2. The zero-order valence-electron chi connectivity index (χ0n) is 22.1. The van der Waals surface area contributed by atoms with Crippen molar-refractivity contribution < 1.29 is 28.2 Å². The molecule has 1 aromatic heterocycles. The van der Waals surface area contributed by atoms with Crippen LogP contribution in [0.2, 0.25) is 0 Å². The predicted molar refractivity (Wildman–Crippen MR) is 147 cm³/mol. The fourth-order valence-corrected chi connectivity index (χ4v) is 3.80. The molecule has 0 saturated heterocycles. The van der Waals surface area contributed by atoms with Gasteiger partial charge in [-0.05, 0) is 54.4 Å². The van der Waals surface area contributed by atoms with Gasteiger partial charge >= 0.3 is 12.1 Å². The first-order valence-corrected chi connectivity index (χ1v) is 12.4. The quantitative estimate of drug-likeness (QED) is 0.231. The molecule has 0 aliphatic carbocycles. The number of esters is 1. The highest BCUT2D eigenvalue weighted by atomic mass is 16.6. The Labute approximate surface area is 227 Å². The number of methoxy groups -OCH3 is 2. The van der Waals surface area contributed by atoms with Gasteiger partial charge in [0.15, 0.2) is 0 Å². The molecule has 4 aromatic rings. The summed E-state index contributed by atoms with van der Waals surface area (Å²) in [7, 11) is 2.83.